The van der Waals surface area contributed by atoms with E-state index in [0.29, 0.717) is 6.42 Å². The molecule has 0 aliphatic rings. The van der Waals surface area contributed by atoms with Gasteiger partial charge in [-0.1, -0.05) is 58.3 Å². The lowest BCUT2D eigenvalue weighted by molar-refractivity contribution is -0.147. The SMILES string of the molecule is CCCCCCCCCCCC(=O)OC(C)CS(=O)(=O)O. The van der Waals surface area contributed by atoms with E-state index in [-0.39, 0.29) is 0 Å². The summed E-state index contributed by atoms with van der Waals surface area (Å²) in [6, 6.07) is 0. The lowest BCUT2D eigenvalue weighted by atomic mass is 10.1. The van der Waals surface area contributed by atoms with E-state index in [4.69, 9.17) is 9.29 Å². The molecular formula is C15H30O5S. The van der Waals surface area contributed by atoms with Gasteiger partial charge >= 0.3 is 5.97 Å². The Balaban J connectivity index is 3.46. The van der Waals surface area contributed by atoms with Gasteiger partial charge in [-0.15, -0.1) is 0 Å². The second kappa shape index (κ2) is 12.0. The summed E-state index contributed by atoms with van der Waals surface area (Å²) in [4.78, 5) is 11.4. The Morgan fingerprint density at radius 3 is 1.95 bits per heavy atom. The third-order valence-corrected chi connectivity index (χ3v) is 4.15. The van der Waals surface area contributed by atoms with E-state index < -0.39 is 27.9 Å². The minimum absolute atomic E-state index is 0.311. The van der Waals surface area contributed by atoms with Crippen molar-refractivity contribution in [2.24, 2.45) is 0 Å². The minimum Gasteiger partial charge on any atom is -0.461 e. The topological polar surface area (TPSA) is 80.7 Å². The van der Waals surface area contributed by atoms with Crippen molar-refractivity contribution in [1.82, 2.24) is 0 Å². The highest BCUT2D eigenvalue weighted by Gasteiger charge is 2.16. The van der Waals surface area contributed by atoms with E-state index in [1.165, 1.54) is 45.4 Å². The first kappa shape index (κ1) is 20.4. The lowest BCUT2D eigenvalue weighted by Gasteiger charge is -2.11. The number of rotatable bonds is 13. The van der Waals surface area contributed by atoms with Crippen LogP contribution in [-0.2, 0) is 19.6 Å². The molecule has 0 aliphatic heterocycles. The molecule has 0 aromatic rings. The van der Waals surface area contributed by atoms with Crippen LogP contribution in [0.5, 0.6) is 0 Å². The zero-order valence-corrected chi connectivity index (χ0v) is 14.2. The zero-order valence-electron chi connectivity index (χ0n) is 13.3. The molecule has 0 bridgehead atoms. The molecule has 0 aromatic carbocycles. The number of esters is 1. The second-order valence-corrected chi connectivity index (χ2v) is 7.12. The maximum Gasteiger partial charge on any atom is 0.306 e. The Labute approximate surface area is 129 Å². The highest BCUT2D eigenvalue weighted by molar-refractivity contribution is 7.85. The summed E-state index contributed by atoms with van der Waals surface area (Å²) in [5, 5.41) is 0. The zero-order chi connectivity index (χ0) is 16.1. The van der Waals surface area contributed by atoms with Crippen LogP contribution >= 0.6 is 0 Å². The molecule has 0 saturated heterocycles. The smallest absolute Gasteiger partial charge is 0.306 e. The summed E-state index contributed by atoms with van der Waals surface area (Å²) in [5.41, 5.74) is 0. The molecule has 0 spiro atoms. The van der Waals surface area contributed by atoms with E-state index in [1.807, 2.05) is 0 Å². The maximum absolute atomic E-state index is 11.4. The van der Waals surface area contributed by atoms with E-state index in [9.17, 15) is 13.2 Å². The largest absolute Gasteiger partial charge is 0.461 e. The second-order valence-electron chi connectivity index (χ2n) is 5.63. The molecule has 21 heavy (non-hydrogen) atoms. The van der Waals surface area contributed by atoms with Crippen LogP contribution in [0, 0.1) is 0 Å². The molecule has 5 nitrogen and oxygen atoms in total. The fourth-order valence-electron chi connectivity index (χ4n) is 2.19. The number of carbonyl (C=O) groups is 1. The molecule has 0 rings (SSSR count). The van der Waals surface area contributed by atoms with Crippen LogP contribution < -0.4 is 0 Å². The van der Waals surface area contributed by atoms with Crippen molar-refractivity contribution in [3.05, 3.63) is 0 Å². The van der Waals surface area contributed by atoms with Crippen LogP contribution in [0.2, 0.25) is 0 Å². The van der Waals surface area contributed by atoms with Gasteiger partial charge in [-0.3, -0.25) is 9.35 Å². The number of carbonyl (C=O) groups excluding carboxylic acids is 1. The molecule has 0 amide bonds. The average molecular weight is 322 g/mol. The molecule has 0 fully saturated rings. The minimum atomic E-state index is -4.09. The van der Waals surface area contributed by atoms with E-state index in [0.717, 1.165) is 19.3 Å². The summed E-state index contributed by atoms with van der Waals surface area (Å²) in [6.45, 7) is 3.66. The van der Waals surface area contributed by atoms with Crippen LogP contribution in [0.15, 0.2) is 0 Å². The van der Waals surface area contributed by atoms with E-state index in [1.54, 1.807) is 0 Å². The molecule has 1 atom stereocenters. The Morgan fingerprint density at radius 2 is 1.48 bits per heavy atom. The maximum atomic E-state index is 11.4. The Kier molecular flexibility index (Phi) is 11.6. The predicted octanol–water partition coefficient (Wildman–Crippen LogP) is 3.73. The predicted molar refractivity (Wildman–Crippen MR) is 83.8 cm³/mol. The normalized spacial score (nSPS) is 13.1. The molecule has 0 radical (unpaired) electrons. The number of hydrogen-bond donors (Lipinski definition) is 1. The fraction of sp³-hybridized carbons (Fsp3) is 0.933. The van der Waals surface area contributed by atoms with Gasteiger partial charge in [0.05, 0.1) is 0 Å². The quantitative estimate of drug-likeness (QED) is 0.317. The molecule has 0 aromatic heterocycles. The van der Waals surface area contributed by atoms with Crippen molar-refractivity contribution in [3.8, 4) is 0 Å². The number of hydrogen-bond acceptors (Lipinski definition) is 4. The van der Waals surface area contributed by atoms with Gasteiger partial charge in [0, 0.05) is 6.42 Å². The first-order valence-electron chi connectivity index (χ1n) is 7.99. The van der Waals surface area contributed by atoms with Gasteiger partial charge in [-0.25, -0.2) is 0 Å². The summed E-state index contributed by atoms with van der Waals surface area (Å²) in [5.74, 6) is -0.939. The van der Waals surface area contributed by atoms with Gasteiger partial charge in [-0.2, -0.15) is 8.42 Å². The van der Waals surface area contributed by atoms with Crippen molar-refractivity contribution in [1.29, 1.82) is 0 Å². The summed E-state index contributed by atoms with van der Waals surface area (Å²) in [7, 11) is -4.09. The molecule has 126 valence electrons. The third kappa shape index (κ3) is 15.6. The van der Waals surface area contributed by atoms with Crippen LogP contribution in [-0.4, -0.2) is 30.8 Å². The summed E-state index contributed by atoms with van der Waals surface area (Å²) >= 11 is 0. The number of ether oxygens (including phenoxy) is 1. The molecule has 0 heterocycles. The van der Waals surface area contributed by atoms with Crippen LogP contribution in [0.4, 0.5) is 0 Å². The molecule has 0 aliphatic carbocycles. The van der Waals surface area contributed by atoms with Gasteiger partial charge in [-0.05, 0) is 13.3 Å². The molecule has 6 heteroatoms. The van der Waals surface area contributed by atoms with E-state index >= 15 is 0 Å². The first-order valence-corrected chi connectivity index (χ1v) is 9.60. The Morgan fingerprint density at radius 1 is 1.00 bits per heavy atom. The monoisotopic (exact) mass is 322 g/mol. The van der Waals surface area contributed by atoms with Crippen molar-refractivity contribution in [2.75, 3.05) is 5.75 Å². The summed E-state index contributed by atoms with van der Waals surface area (Å²) in [6.07, 6.45) is 10.1. The third-order valence-electron chi connectivity index (χ3n) is 3.26. The van der Waals surface area contributed by atoms with Crippen LogP contribution in [0.25, 0.3) is 0 Å². The van der Waals surface area contributed by atoms with Gasteiger partial charge in [0.1, 0.15) is 11.9 Å². The van der Waals surface area contributed by atoms with Gasteiger partial charge in [0.25, 0.3) is 10.1 Å². The van der Waals surface area contributed by atoms with Crippen LogP contribution in [0.1, 0.15) is 78.1 Å². The van der Waals surface area contributed by atoms with E-state index in [2.05, 4.69) is 6.92 Å². The van der Waals surface area contributed by atoms with Gasteiger partial charge in [0.15, 0.2) is 0 Å². The van der Waals surface area contributed by atoms with Gasteiger partial charge < -0.3 is 4.74 Å². The first-order chi connectivity index (χ1) is 9.85. The highest BCUT2D eigenvalue weighted by Crippen LogP contribution is 2.11. The standard InChI is InChI=1S/C15H30O5S/c1-3-4-5-6-7-8-9-10-11-12-15(16)20-14(2)13-21(17,18)19/h14H,3-13H2,1-2H3,(H,17,18,19). The fourth-order valence-corrected chi connectivity index (χ4v) is 2.86. The van der Waals surface area contributed by atoms with Gasteiger partial charge in [0.2, 0.25) is 0 Å². The van der Waals surface area contributed by atoms with Crippen molar-refractivity contribution in [3.63, 3.8) is 0 Å². The summed E-state index contributed by atoms with van der Waals surface area (Å²) < 4.78 is 34.8. The van der Waals surface area contributed by atoms with Crippen molar-refractivity contribution < 1.29 is 22.5 Å². The molecule has 1 unspecified atom stereocenters. The Hall–Kier alpha value is -0.620. The molecule has 1 N–H and O–H groups in total. The van der Waals surface area contributed by atoms with Crippen molar-refractivity contribution in [2.45, 2.75) is 84.2 Å². The van der Waals surface area contributed by atoms with Crippen LogP contribution in [0.3, 0.4) is 0 Å². The number of unbranched alkanes of at least 4 members (excludes halogenated alkanes) is 8. The molecule has 0 saturated carbocycles. The van der Waals surface area contributed by atoms with Crippen molar-refractivity contribution >= 4 is 16.1 Å². The molecular weight excluding hydrogens is 292 g/mol. The highest BCUT2D eigenvalue weighted by atomic mass is 32.2. The Bertz CT molecular complexity index is 364. The lowest BCUT2D eigenvalue weighted by Crippen LogP contribution is -2.23. The average Bonchev–Trinajstić information content (AvgIpc) is 2.34.